The van der Waals surface area contributed by atoms with Crippen molar-refractivity contribution in [1.82, 2.24) is 5.32 Å². The van der Waals surface area contributed by atoms with E-state index in [2.05, 4.69) is 67.8 Å². The molecular formula is C45H79NO8. The van der Waals surface area contributed by atoms with Gasteiger partial charge in [-0.1, -0.05) is 158 Å². The monoisotopic (exact) mass is 762 g/mol. The lowest BCUT2D eigenvalue weighted by Gasteiger charge is -2.40. The maximum atomic E-state index is 12.9. The third-order valence-electron chi connectivity index (χ3n) is 9.85. The number of nitrogens with one attached hydrogen (secondary N) is 1. The van der Waals surface area contributed by atoms with Gasteiger partial charge in [-0.2, -0.15) is 0 Å². The molecule has 54 heavy (non-hydrogen) atoms. The summed E-state index contributed by atoms with van der Waals surface area (Å²) >= 11 is 0. The lowest BCUT2D eigenvalue weighted by atomic mass is 9.99. The lowest BCUT2D eigenvalue weighted by molar-refractivity contribution is -0.302. The predicted octanol–water partition coefficient (Wildman–Crippen LogP) is 8.44. The van der Waals surface area contributed by atoms with E-state index in [-0.39, 0.29) is 12.5 Å². The van der Waals surface area contributed by atoms with E-state index in [9.17, 15) is 30.3 Å². The molecule has 1 fully saturated rings. The number of amides is 1. The zero-order valence-corrected chi connectivity index (χ0v) is 34.0. The molecule has 0 bridgehead atoms. The minimum absolute atomic E-state index is 0.189. The van der Waals surface area contributed by atoms with Crippen molar-refractivity contribution in [2.75, 3.05) is 13.2 Å². The first kappa shape index (κ1) is 49.9. The SMILES string of the molecule is CC/C=C\C/C=C\C/C=C\C/C=C\CCCCCCCCCCCCC(=O)NC(COC1OC(CO)C(O)C(O)C1O)C(O)/C=C/CCCCCCCC. The third-order valence-corrected chi connectivity index (χ3v) is 9.85. The summed E-state index contributed by atoms with van der Waals surface area (Å²) in [5.41, 5.74) is 0. The molecule has 9 nitrogen and oxygen atoms in total. The van der Waals surface area contributed by atoms with E-state index < -0.39 is 49.5 Å². The van der Waals surface area contributed by atoms with Gasteiger partial charge in [-0.25, -0.2) is 0 Å². The van der Waals surface area contributed by atoms with Gasteiger partial charge in [-0.3, -0.25) is 4.79 Å². The first-order valence-electron chi connectivity index (χ1n) is 21.5. The Labute approximate surface area is 328 Å². The summed E-state index contributed by atoms with van der Waals surface area (Å²) in [4.78, 5) is 12.9. The fraction of sp³-hybridized carbons (Fsp3) is 0.756. The van der Waals surface area contributed by atoms with E-state index >= 15 is 0 Å². The fourth-order valence-electron chi connectivity index (χ4n) is 6.38. The van der Waals surface area contributed by atoms with Crippen molar-refractivity contribution < 1.29 is 39.8 Å². The third kappa shape index (κ3) is 25.9. The Kier molecular flexibility index (Phi) is 32.6. The number of carbonyl (C=O) groups excluding carboxylic acids is 1. The van der Waals surface area contributed by atoms with E-state index in [1.807, 2.05) is 6.08 Å². The number of carbonyl (C=O) groups is 1. The molecule has 1 saturated heterocycles. The molecule has 0 aromatic heterocycles. The largest absolute Gasteiger partial charge is 0.394 e. The van der Waals surface area contributed by atoms with Gasteiger partial charge in [0.15, 0.2) is 6.29 Å². The van der Waals surface area contributed by atoms with Gasteiger partial charge in [-0.05, 0) is 57.8 Å². The number of ether oxygens (including phenoxy) is 2. The highest BCUT2D eigenvalue weighted by atomic mass is 16.7. The Bertz CT molecular complexity index is 1030. The number of aliphatic hydroxyl groups is 5. The fourth-order valence-corrected chi connectivity index (χ4v) is 6.38. The van der Waals surface area contributed by atoms with Crippen molar-refractivity contribution in [3.8, 4) is 0 Å². The van der Waals surface area contributed by atoms with E-state index in [1.54, 1.807) is 6.08 Å². The summed E-state index contributed by atoms with van der Waals surface area (Å²) < 4.78 is 11.1. The van der Waals surface area contributed by atoms with E-state index in [4.69, 9.17) is 9.47 Å². The summed E-state index contributed by atoms with van der Waals surface area (Å²) in [7, 11) is 0. The van der Waals surface area contributed by atoms with Crippen molar-refractivity contribution >= 4 is 5.91 Å². The summed E-state index contributed by atoms with van der Waals surface area (Å²) in [6, 6.07) is -0.806. The first-order valence-corrected chi connectivity index (χ1v) is 21.5. The molecule has 1 aliphatic rings. The van der Waals surface area contributed by atoms with Gasteiger partial charge >= 0.3 is 0 Å². The van der Waals surface area contributed by atoms with Gasteiger partial charge in [0.2, 0.25) is 5.91 Å². The summed E-state index contributed by atoms with van der Waals surface area (Å²) in [6.45, 7) is 3.59. The zero-order chi connectivity index (χ0) is 39.5. The molecule has 0 saturated carbocycles. The topological polar surface area (TPSA) is 149 Å². The van der Waals surface area contributed by atoms with Gasteiger partial charge in [0.1, 0.15) is 24.4 Å². The van der Waals surface area contributed by atoms with Gasteiger partial charge in [0.05, 0.1) is 25.4 Å². The molecule has 7 unspecified atom stereocenters. The minimum Gasteiger partial charge on any atom is -0.394 e. The molecule has 0 aromatic carbocycles. The van der Waals surface area contributed by atoms with Crippen molar-refractivity contribution in [2.24, 2.45) is 0 Å². The van der Waals surface area contributed by atoms with Crippen LogP contribution in [0.1, 0.15) is 162 Å². The number of hydrogen-bond donors (Lipinski definition) is 6. The molecule has 1 amide bonds. The number of allylic oxidation sites excluding steroid dienone is 9. The van der Waals surface area contributed by atoms with Crippen LogP contribution < -0.4 is 5.32 Å². The van der Waals surface area contributed by atoms with Crippen LogP contribution in [-0.4, -0.2) is 87.5 Å². The highest BCUT2D eigenvalue weighted by molar-refractivity contribution is 5.76. The van der Waals surface area contributed by atoms with Crippen molar-refractivity contribution in [1.29, 1.82) is 0 Å². The van der Waals surface area contributed by atoms with Crippen LogP contribution in [0, 0.1) is 0 Å². The summed E-state index contributed by atoms with van der Waals surface area (Å²) in [5.74, 6) is -0.189. The number of aliphatic hydroxyl groups excluding tert-OH is 5. The predicted molar refractivity (Wildman–Crippen MR) is 221 cm³/mol. The summed E-state index contributed by atoms with van der Waals surface area (Å²) in [5, 5.41) is 53.9. The average molecular weight is 762 g/mol. The maximum Gasteiger partial charge on any atom is 0.220 e. The molecule has 0 spiro atoms. The maximum absolute atomic E-state index is 12.9. The van der Waals surface area contributed by atoms with Crippen LogP contribution >= 0.6 is 0 Å². The van der Waals surface area contributed by atoms with Crippen molar-refractivity contribution in [2.45, 2.75) is 204 Å². The second kappa shape index (κ2) is 35.3. The van der Waals surface area contributed by atoms with Crippen LogP contribution in [0.25, 0.3) is 0 Å². The molecule has 9 heteroatoms. The normalized spacial score (nSPS) is 22.1. The summed E-state index contributed by atoms with van der Waals surface area (Å²) in [6.07, 6.45) is 38.5. The van der Waals surface area contributed by atoms with Crippen LogP contribution in [0.15, 0.2) is 60.8 Å². The van der Waals surface area contributed by atoms with E-state index in [0.717, 1.165) is 70.6 Å². The van der Waals surface area contributed by atoms with Crippen LogP contribution in [0.2, 0.25) is 0 Å². The van der Waals surface area contributed by atoms with Gasteiger partial charge in [0, 0.05) is 6.42 Å². The molecule has 0 aromatic rings. The van der Waals surface area contributed by atoms with Gasteiger partial charge in [0.25, 0.3) is 0 Å². The van der Waals surface area contributed by atoms with Gasteiger partial charge < -0.3 is 40.3 Å². The number of hydrogen-bond acceptors (Lipinski definition) is 8. The van der Waals surface area contributed by atoms with Gasteiger partial charge in [-0.15, -0.1) is 0 Å². The van der Waals surface area contributed by atoms with Crippen LogP contribution in [0.5, 0.6) is 0 Å². The van der Waals surface area contributed by atoms with Crippen molar-refractivity contribution in [3.05, 3.63) is 60.8 Å². The van der Waals surface area contributed by atoms with Crippen molar-refractivity contribution in [3.63, 3.8) is 0 Å². The smallest absolute Gasteiger partial charge is 0.220 e. The van der Waals surface area contributed by atoms with E-state index in [0.29, 0.717) is 6.42 Å². The standard InChI is InChI=1S/C45H79NO8/c1-3-5-7-9-11-13-14-15-16-17-18-19-20-21-22-23-24-25-26-27-29-31-33-35-41(49)46-38(39(48)34-32-30-28-12-10-8-6-4-2)37-53-45-44(52)43(51)42(50)40(36-47)54-45/h5,7,11,13,15-16,18-19,32,34,38-40,42-45,47-48,50-52H,3-4,6,8-10,12,14,17,20-31,33,35-37H2,1-2H3,(H,46,49)/b7-5-,13-11-,16-15-,19-18-,34-32+. The van der Waals surface area contributed by atoms with E-state index in [1.165, 1.54) is 70.6 Å². The van der Waals surface area contributed by atoms with Crippen LogP contribution in [0.4, 0.5) is 0 Å². The van der Waals surface area contributed by atoms with Crippen LogP contribution in [-0.2, 0) is 14.3 Å². The Hall–Kier alpha value is -2.11. The highest BCUT2D eigenvalue weighted by Gasteiger charge is 2.44. The molecule has 0 aliphatic carbocycles. The lowest BCUT2D eigenvalue weighted by Crippen LogP contribution is -2.60. The Balaban J connectivity index is 2.27. The number of unbranched alkanes of at least 4 members (excludes halogenated alkanes) is 16. The second-order valence-corrected chi connectivity index (χ2v) is 14.8. The molecule has 1 rings (SSSR count). The molecule has 6 N–H and O–H groups in total. The Morgan fingerprint density at radius 3 is 1.70 bits per heavy atom. The Morgan fingerprint density at radius 1 is 0.648 bits per heavy atom. The molecular weight excluding hydrogens is 682 g/mol. The second-order valence-electron chi connectivity index (χ2n) is 14.8. The first-order chi connectivity index (χ1) is 26.3. The minimum atomic E-state index is -1.57. The Morgan fingerprint density at radius 2 is 1.15 bits per heavy atom. The molecule has 312 valence electrons. The quantitative estimate of drug-likeness (QED) is 0.0283. The zero-order valence-electron chi connectivity index (χ0n) is 34.0. The molecule has 1 aliphatic heterocycles. The highest BCUT2D eigenvalue weighted by Crippen LogP contribution is 2.22. The number of rotatable bonds is 34. The average Bonchev–Trinajstić information content (AvgIpc) is 3.17. The molecule has 7 atom stereocenters. The van der Waals surface area contributed by atoms with Crippen LogP contribution in [0.3, 0.4) is 0 Å². The molecule has 0 radical (unpaired) electrons. The molecule has 1 heterocycles.